The summed E-state index contributed by atoms with van der Waals surface area (Å²) in [6.45, 7) is 13.0. The van der Waals surface area contributed by atoms with Crippen molar-refractivity contribution in [1.82, 2.24) is 10.2 Å². The highest BCUT2D eigenvalue weighted by molar-refractivity contribution is 4.78. The molecule has 1 saturated heterocycles. The van der Waals surface area contributed by atoms with Crippen LogP contribution in [0.2, 0.25) is 0 Å². The quantitative estimate of drug-likeness (QED) is 0.793. The maximum atomic E-state index is 3.50. The van der Waals surface area contributed by atoms with Crippen LogP contribution < -0.4 is 5.32 Å². The van der Waals surface area contributed by atoms with E-state index < -0.39 is 0 Å². The van der Waals surface area contributed by atoms with E-state index in [-0.39, 0.29) is 0 Å². The van der Waals surface area contributed by atoms with Crippen molar-refractivity contribution in [1.29, 1.82) is 0 Å². The molecule has 1 N–H and O–H groups in total. The molecule has 16 heavy (non-hydrogen) atoms. The van der Waals surface area contributed by atoms with Gasteiger partial charge in [-0.25, -0.2) is 0 Å². The van der Waals surface area contributed by atoms with Gasteiger partial charge in [0.05, 0.1) is 0 Å². The van der Waals surface area contributed by atoms with Crippen LogP contribution in [0.3, 0.4) is 0 Å². The van der Waals surface area contributed by atoms with E-state index in [1.807, 2.05) is 0 Å². The van der Waals surface area contributed by atoms with Gasteiger partial charge in [0.2, 0.25) is 0 Å². The number of rotatable bonds is 4. The first kappa shape index (κ1) is 14.0. The zero-order valence-corrected chi connectivity index (χ0v) is 11.8. The Morgan fingerprint density at radius 2 is 2.06 bits per heavy atom. The molecule has 1 aliphatic rings. The molecule has 0 aromatic heterocycles. The number of hydrogen-bond donors (Lipinski definition) is 1. The number of piperidine rings is 1. The third-order valence-electron chi connectivity index (χ3n) is 4.20. The van der Waals surface area contributed by atoms with Crippen LogP contribution in [0.5, 0.6) is 0 Å². The molecule has 1 fully saturated rings. The highest BCUT2D eigenvalue weighted by Crippen LogP contribution is 2.24. The van der Waals surface area contributed by atoms with Crippen LogP contribution >= 0.6 is 0 Å². The van der Waals surface area contributed by atoms with E-state index in [0.29, 0.717) is 11.5 Å². The van der Waals surface area contributed by atoms with Crippen LogP contribution in [0.25, 0.3) is 0 Å². The first-order valence-electron chi connectivity index (χ1n) is 6.82. The molecule has 0 amide bonds. The topological polar surface area (TPSA) is 15.3 Å². The Kier molecular flexibility index (Phi) is 5.26. The van der Waals surface area contributed by atoms with Crippen LogP contribution in [0.4, 0.5) is 0 Å². The molecule has 1 heterocycles. The summed E-state index contributed by atoms with van der Waals surface area (Å²) in [4.78, 5) is 2.52. The smallest absolute Gasteiger partial charge is 0.0112 e. The summed E-state index contributed by atoms with van der Waals surface area (Å²) in [6, 6.07) is 0.657. The predicted octanol–water partition coefficient (Wildman–Crippen LogP) is 2.74. The fourth-order valence-electron chi connectivity index (χ4n) is 2.41. The zero-order chi connectivity index (χ0) is 12.2. The summed E-state index contributed by atoms with van der Waals surface area (Å²) < 4.78 is 0. The Balaban J connectivity index is 2.25. The molecule has 2 heteroatoms. The normalized spacial score (nSPS) is 24.8. The molecule has 0 aromatic rings. The van der Waals surface area contributed by atoms with Gasteiger partial charge in [0, 0.05) is 6.04 Å². The van der Waals surface area contributed by atoms with Crippen LogP contribution in [-0.2, 0) is 0 Å². The first-order valence-corrected chi connectivity index (χ1v) is 6.82. The van der Waals surface area contributed by atoms with Crippen molar-refractivity contribution in [2.45, 2.75) is 53.0 Å². The highest BCUT2D eigenvalue weighted by Gasteiger charge is 2.24. The van der Waals surface area contributed by atoms with Crippen molar-refractivity contribution < 1.29 is 0 Å². The predicted molar refractivity (Wildman–Crippen MR) is 71.8 cm³/mol. The van der Waals surface area contributed by atoms with Gasteiger partial charge in [-0.05, 0) is 64.2 Å². The summed E-state index contributed by atoms with van der Waals surface area (Å²) in [5.74, 6) is 0.906. The largest absolute Gasteiger partial charge is 0.316 e. The fraction of sp³-hybridized carbons (Fsp3) is 1.00. The monoisotopic (exact) mass is 226 g/mol. The van der Waals surface area contributed by atoms with Crippen molar-refractivity contribution in [2.24, 2.45) is 11.3 Å². The summed E-state index contributed by atoms with van der Waals surface area (Å²) in [5.41, 5.74) is 0.388. The summed E-state index contributed by atoms with van der Waals surface area (Å²) in [7, 11) is 2.27. The molecule has 2 nitrogen and oxygen atoms in total. The summed E-state index contributed by atoms with van der Waals surface area (Å²) in [5, 5.41) is 3.50. The molecule has 0 aromatic carbocycles. The standard InChI is InChI=1S/C14H30N2/c1-12(14(2,3)4)16(5)10-8-13-7-6-9-15-11-13/h12-13,15H,6-11H2,1-5H3. The average molecular weight is 226 g/mol. The van der Waals surface area contributed by atoms with Gasteiger partial charge in [0.25, 0.3) is 0 Å². The van der Waals surface area contributed by atoms with Gasteiger partial charge >= 0.3 is 0 Å². The second-order valence-electron chi connectivity index (χ2n) is 6.52. The number of nitrogens with zero attached hydrogens (tertiary/aromatic N) is 1. The average Bonchev–Trinajstić information content (AvgIpc) is 2.25. The third kappa shape index (κ3) is 4.42. The lowest BCUT2D eigenvalue weighted by Crippen LogP contribution is -2.41. The Labute approximate surface area is 102 Å². The molecule has 0 saturated carbocycles. The molecule has 2 atom stereocenters. The van der Waals surface area contributed by atoms with E-state index in [4.69, 9.17) is 0 Å². The molecule has 1 rings (SSSR count). The maximum absolute atomic E-state index is 3.50. The van der Waals surface area contributed by atoms with Gasteiger partial charge in [-0.2, -0.15) is 0 Å². The van der Waals surface area contributed by atoms with E-state index in [9.17, 15) is 0 Å². The first-order chi connectivity index (χ1) is 7.41. The molecule has 0 radical (unpaired) electrons. The zero-order valence-electron chi connectivity index (χ0n) is 11.8. The molecular weight excluding hydrogens is 196 g/mol. The minimum Gasteiger partial charge on any atom is -0.316 e. The van der Waals surface area contributed by atoms with E-state index >= 15 is 0 Å². The summed E-state index contributed by atoms with van der Waals surface area (Å²) >= 11 is 0. The lowest BCUT2D eigenvalue weighted by molar-refractivity contribution is 0.131. The molecule has 2 unspecified atom stereocenters. The van der Waals surface area contributed by atoms with Gasteiger partial charge < -0.3 is 10.2 Å². The molecule has 1 aliphatic heterocycles. The van der Waals surface area contributed by atoms with Crippen LogP contribution in [0.15, 0.2) is 0 Å². The number of nitrogens with one attached hydrogen (secondary N) is 1. The Morgan fingerprint density at radius 3 is 2.56 bits per heavy atom. The highest BCUT2D eigenvalue weighted by atomic mass is 15.1. The molecule has 0 bridgehead atoms. The van der Waals surface area contributed by atoms with E-state index in [1.54, 1.807) is 0 Å². The fourth-order valence-corrected chi connectivity index (χ4v) is 2.41. The molecule has 0 spiro atoms. The lowest BCUT2D eigenvalue weighted by Gasteiger charge is -2.36. The van der Waals surface area contributed by atoms with Crippen LogP contribution in [0.1, 0.15) is 47.0 Å². The van der Waals surface area contributed by atoms with Crippen LogP contribution in [0, 0.1) is 11.3 Å². The Morgan fingerprint density at radius 1 is 1.38 bits per heavy atom. The van der Waals surface area contributed by atoms with Gasteiger partial charge in [-0.3, -0.25) is 0 Å². The minimum atomic E-state index is 0.388. The van der Waals surface area contributed by atoms with Gasteiger partial charge in [0.1, 0.15) is 0 Å². The van der Waals surface area contributed by atoms with Crippen molar-refractivity contribution in [2.75, 3.05) is 26.7 Å². The molecule has 0 aliphatic carbocycles. The van der Waals surface area contributed by atoms with Crippen molar-refractivity contribution in [3.63, 3.8) is 0 Å². The van der Waals surface area contributed by atoms with E-state index in [2.05, 4.69) is 45.0 Å². The van der Waals surface area contributed by atoms with Gasteiger partial charge in [-0.15, -0.1) is 0 Å². The van der Waals surface area contributed by atoms with Crippen molar-refractivity contribution in [3.8, 4) is 0 Å². The van der Waals surface area contributed by atoms with Gasteiger partial charge in [0.15, 0.2) is 0 Å². The SMILES string of the molecule is CC(N(C)CCC1CCCNC1)C(C)(C)C. The maximum Gasteiger partial charge on any atom is 0.0112 e. The second kappa shape index (κ2) is 6.02. The lowest BCUT2D eigenvalue weighted by atomic mass is 9.86. The number of hydrogen-bond acceptors (Lipinski definition) is 2. The minimum absolute atomic E-state index is 0.388. The Hall–Kier alpha value is -0.0800. The summed E-state index contributed by atoms with van der Waals surface area (Å²) in [6.07, 6.45) is 4.14. The van der Waals surface area contributed by atoms with Crippen molar-refractivity contribution >= 4 is 0 Å². The molecular formula is C14H30N2. The van der Waals surface area contributed by atoms with Crippen LogP contribution in [-0.4, -0.2) is 37.6 Å². The Bertz CT molecular complexity index is 189. The second-order valence-corrected chi connectivity index (χ2v) is 6.52. The van der Waals surface area contributed by atoms with Gasteiger partial charge in [-0.1, -0.05) is 20.8 Å². The van der Waals surface area contributed by atoms with E-state index in [0.717, 1.165) is 5.92 Å². The van der Waals surface area contributed by atoms with Crippen molar-refractivity contribution in [3.05, 3.63) is 0 Å². The van der Waals surface area contributed by atoms with E-state index in [1.165, 1.54) is 38.9 Å². The molecule has 96 valence electrons. The third-order valence-corrected chi connectivity index (χ3v) is 4.20.